The van der Waals surface area contributed by atoms with Crippen LogP contribution in [0.4, 0.5) is 5.69 Å². The summed E-state index contributed by atoms with van der Waals surface area (Å²) in [7, 11) is 0. The van der Waals surface area contributed by atoms with Crippen LogP contribution in [0.15, 0.2) is 36.4 Å². The normalized spacial score (nSPS) is 10.3. The van der Waals surface area contributed by atoms with Gasteiger partial charge in [0.2, 0.25) is 0 Å². The molecule has 0 amide bonds. The molecule has 0 fully saturated rings. The van der Waals surface area contributed by atoms with Gasteiger partial charge in [-0.15, -0.1) is 0 Å². The van der Waals surface area contributed by atoms with Gasteiger partial charge in [0.05, 0.1) is 0 Å². The first-order valence-corrected chi connectivity index (χ1v) is 4.96. The fourth-order valence-electron chi connectivity index (χ4n) is 1.59. The van der Waals surface area contributed by atoms with Crippen LogP contribution in [0.25, 0.3) is 11.1 Å². The van der Waals surface area contributed by atoms with E-state index in [-0.39, 0.29) is 11.5 Å². The molecule has 0 saturated heterocycles. The van der Waals surface area contributed by atoms with E-state index >= 15 is 0 Å². The smallest absolute Gasteiger partial charge is 0.165 e. The van der Waals surface area contributed by atoms with Crippen molar-refractivity contribution in [2.24, 2.45) is 0 Å². The summed E-state index contributed by atoms with van der Waals surface area (Å²) in [6.45, 7) is 1.99. The summed E-state index contributed by atoms with van der Waals surface area (Å²) < 4.78 is 0. The third-order valence-corrected chi connectivity index (χ3v) is 2.47. The predicted octanol–water partition coefficient (Wildman–Crippen LogP) is 2.66. The number of nitrogens with two attached hydrogens (primary N) is 1. The number of phenolic OH excluding ortho intramolecular Hbond substituents is 2. The van der Waals surface area contributed by atoms with Crippen molar-refractivity contribution in [2.75, 3.05) is 5.73 Å². The topological polar surface area (TPSA) is 66.5 Å². The highest BCUT2D eigenvalue weighted by molar-refractivity contribution is 5.77. The Labute approximate surface area is 93.8 Å². The van der Waals surface area contributed by atoms with Crippen LogP contribution in [-0.2, 0) is 0 Å². The lowest BCUT2D eigenvalue weighted by Crippen LogP contribution is -1.87. The van der Waals surface area contributed by atoms with E-state index in [1.807, 2.05) is 31.2 Å². The van der Waals surface area contributed by atoms with E-state index in [2.05, 4.69) is 0 Å². The zero-order chi connectivity index (χ0) is 11.7. The van der Waals surface area contributed by atoms with Gasteiger partial charge in [-0.1, -0.05) is 29.8 Å². The Hall–Kier alpha value is -2.16. The average Bonchev–Trinajstić information content (AvgIpc) is 2.25. The zero-order valence-corrected chi connectivity index (χ0v) is 8.94. The number of hydrogen-bond acceptors (Lipinski definition) is 3. The summed E-state index contributed by atoms with van der Waals surface area (Å²) in [6, 6.07) is 10.6. The third kappa shape index (κ3) is 1.80. The molecule has 3 nitrogen and oxygen atoms in total. The van der Waals surface area contributed by atoms with Gasteiger partial charge in [-0.05, 0) is 18.6 Å². The van der Waals surface area contributed by atoms with Gasteiger partial charge in [0.1, 0.15) is 0 Å². The van der Waals surface area contributed by atoms with Gasteiger partial charge in [0.15, 0.2) is 11.5 Å². The zero-order valence-electron chi connectivity index (χ0n) is 8.94. The Balaban J connectivity index is 2.59. The maximum absolute atomic E-state index is 9.74. The molecule has 0 unspecified atom stereocenters. The van der Waals surface area contributed by atoms with Crippen LogP contribution in [-0.4, -0.2) is 10.2 Å². The Bertz CT molecular complexity index is 518. The van der Waals surface area contributed by atoms with Crippen LogP contribution in [0.3, 0.4) is 0 Å². The van der Waals surface area contributed by atoms with E-state index in [1.54, 1.807) is 6.07 Å². The summed E-state index contributed by atoms with van der Waals surface area (Å²) in [4.78, 5) is 0. The number of nitrogen functional groups attached to an aromatic ring is 1. The Morgan fingerprint density at radius 3 is 2.25 bits per heavy atom. The molecule has 0 saturated carbocycles. The number of rotatable bonds is 1. The van der Waals surface area contributed by atoms with Gasteiger partial charge in [-0.3, -0.25) is 0 Å². The summed E-state index contributed by atoms with van der Waals surface area (Å²) in [6.07, 6.45) is 0. The summed E-state index contributed by atoms with van der Waals surface area (Å²) >= 11 is 0. The van der Waals surface area contributed by atoms with Gasteiger partial charge >= 0.3 is 0 Å². The first-order valence-electron chi connectivity index (χ1n) is 4.96. The fourth-order valence-corrected chi connectivity index (χ4v) is 1.59. The van der Waals surface area contributed by atoms with Crippen LogP contribution in [0.1, 0.15) is 5.56 Å². The molecule has 3 heteroatoms. The SMILES string of the molecule is Cc1ccc(-c2cc(N)cc(O)c2O)cc1. The second kappa shape index (κ2) is 3.77. The maximum Gasteiger partial charge on any atom is 0.165 e. The van der Waals surface area contributed by atoms with Crippen molar-refractivity contribution in [1.82, 2.24) is 0 Å². The number of aryl methyl sites for hydroxylation is 1. The van der Waals surface area contributed by atoms with E-state index in [1.165, 1.54) is 6.07 Å². The molecular formula is C13H13NO2. The van der Waals surface area contributed by atoms with Crippen molar-refractivity contribution in [3.05, 3.63) is 42.0 Å². The fraction of sp³-hybridized carbons (Fsp3) is 0.0769. The summed E-state index contributed by atoms with van der Waals surface area (Å²) in [5, 5.41) is 19.2. The second-order valence-electron chi connectivity index (χ2n) is 3.80. The lowest BCUT2D eigenvalue weighted by Gasteiger charge is -2.08. The van der Waals surface area contributed by atoms with Crippen molar-refractivity contribution in [3.63, 3.8) is 0 Å². The quantitative estimate of drug-likeness (QED) is 0.389. The van der Waals surface area contributed by atoms with Crippen molar-refractivity contribution in [3.8, 4) is 22.6 Å². The van der Waals surface area contributed by atoms with Crippen LogP contribution < -0.4 is 5.73 Å². The molecule has 0 heterocycles. The Morgan fingerprint density at radius 1 is 1.00 bits per heavy atom. The van der Waals surface area contributed by atoms with Gasteiger partial charge in [-0.25, -0.2) is 0 Å². The van der Waals surface area contributed by atoms with Gasteiger partial charge in [0, 0.05) is 17.3 Å². The minimum absolute atomic E-state index is 0.141. The molecule has 2 aromatic carbocycles. The molecule has 4 N–H and O–H groups in total. The van der Waals surface area contributed by atoms with Crippen LogP contribution >= 0.6 is 0 Å². The van der Waals surface area contributed by atoms with E-state index in [0.29, 0.717) is 11.3 Å². The Kier molecular flexibility index (Phi) is 2.44. The molecule has 0 bridgehead atoms. The molecule has 82 valence electrons. The van der Waals surface area contributed by atoms with E-state index < -0.39 is 0 Å². The first-order chi connectivity index (χ1) is 7.58. The molecule has 0 aliphatic carbocycles. The lowest BCUT2D eigenvalue weighted by atomic mass is 10.0. The highest BCUT2D eigenvalue weighted by atomic mass is 16.3. The standard InChI is InChI=1S/C13H13NO2/c1-8-2-4-9(5-3-8)11-6-10(14)7-12(15)13(11)16/h2-7,15-16H,14H2,1H3. The van der Waals surface area contributed by atoms with Crippen LogP contribution in [0.5, 0.6) is 11.5 Å². The largest absolute Gasteiger partial charge is 0.504 e. The van der Waals surface area contributed by atoms with Crippen molar-refractivity contribution < 1.29 is 10.2 Å². The monoisotopic (exact) mass is 215 g/mol. The molecule has 0 spiro atoms. The third-order valence-electron chi connectivity index (χ3n) is 2.47. The van der Waals surface area contributed by atoms with Gasteiger partial charge < -0.3 is 15.9 Å². The number of anilines is 1. The summed E-state index contributed by atoms with van der Waals surface area (Å²) in [5.41, 5.74) is 8.55. The van der Waals surface area contributed by atoms with E-state index in [9.17, 15) is 10.2 Å². The van der Waals surface area contributed by atoms with E-state index in [0.717, 1.165) is 11.1 Å². The number of hydrogen-bond donors (Lipinski definition) is 3. The van der Waals surface area contributed by atoms with Gasteiger partial charge in [0.25, 0.3) is 0 Å². The van der Waals surface area contributed by atoms with Crippen molar-refractivity contribution in [1.29, 1.82) is 0 Å². The molecular weight excluding hydrogens is 202 g/mol. The first kappa shape index (κ1) is 10.4. The van der Waals surface area contributed by atoms with Crippen molar-refractivity contribution in [2.45, 2.75) is 6.92 Å². The highest BCUT2D eigenvalue weighted by Gasteiger charge is 2.09. The van der Waals surface area contributed by atoms with Gasteiger partial charge in [-0.2, -0.15) is 0 Å². The second-order valence-corrected chi connectivity index (χ2v) is 3.80. The molecule has 2 rings (SSSR count). The number of benzene rings is 2. The number of aromatic hydroxyl groups is 2. The van der Waals surface area contributed by atoms with E-state index in [4.69, 9.17) is 5.73 Å². The van der Waals surface area contributed by atoms with Crippen LogP contribution in [0, 0.1) is 6.92 Å². The molecule has 0 atom stereocenters. The minimum Gasteiger partial charge on any atom is -0.504 e. The Morgan fingerprint density at radius 2 is 1.62 bits per heavy atom. The number of phenols is 2. The highest BCUT2D eigenvalue weighted by Crippen LogP contribution is 2.38. The molecule has 16 heavy (non-hydrogen) atoms. The summed E-state index contributed by atoms with van der Waals surface area (Å²) in [5.74, 6) is -0.339. The molecule has 0 aliphatic rings. The lowest BCUT2D eigenvalue weighted by molar-refractivity contribution is 0.405. The average molecular weight is 215 g/mol. The van der Waals surface area contributed by atoms with Crippen LogP contribution in [0.2, 0.25) is 0 Å². The maximum atomic E-state index is 9.74. The molecule has 0 aromatic heterocycles. The molecule has 2 aromatic rings. The van der Waals surface area contributed by atoms with Crippen molar-refractivity contribution >= 4 is 5.69 Å². The predicted molar refractivity (Wildman–Crippen MR) is 64.4 cm³/mol. The molecule has 0 radical (unpaired) electrons. The minimum atomic E-state index is -0.199. The molecule has 0 aliphatic heterocycles.